The second kappa shape index (κ2) is 7.26. The summed E-state index contributed by atoms with van der Waals surface area (Å²) in [5, 5.41) is 9.04. The quantitative estimate of drug-likeness (QED) is 0.730. The van der Waals surface area contributed by atoms with Crippen molar-refractivity contribution in [2.24, 2.45) is 0 Å². The highest BCUT2D eigenvalue weighted by Crippen LogP contribution is 2.27. The number of hydrogen-bond donors (Lipinski definition) is 2. The maximum absolute atomic E-state index is 13.0. The molecular weight excluding hydrogens is 358 g/mol. The molecule has 0 saturated carbocycles. The van der Waals surface area contributed by atoms with Gasteiger partial charge in [0.15, 0.2) is 5.69 Å². The molecule has 142 valence electrons. The number of rotatable bonds is 3. The smallest absolute Gasteiger partial charge is 0.335 e. The maximum atomic E-state index is 13.0. The molecule has 0 radical (unpaired) electrons. The minimum Gasteiger partial charge on any atom is -0.478 e. The summed E-state index contributed by atoms with van der Waals surface area (Å²) in [6.07, 6.45) is 1.71. The van der Waals surface area contributed by atoms with Crippen molar-refractivity contribution >= 4 is 22.9 Å². The van der Waals surface area contributed by atoms with Crippen LogP contribution < -0.4 is 5.56 Å². The Balaban J connectivity index is 1.57. The van der Waals surface area contributed by atoms with Gasteiger partial charge in [0, 0.05) is 19.0 Å². The zero-order chi connectivity index (χ0) is 19.7. The van der Waals surface area contributed by atoms with Gasteiger partial charge in [-0.2, -0.15) is 0 Å². The minimum absolute atomic E-state index is 0.0967. The lowest BCUT2D eigenvalue weighted by molar-refractivity contribution is 0.0691. The van der Waals surface area contributed by atoms with Crippen molar-refractivity contribution in [3.05, 3.63) is 75.7 Å². The highest BCUT2D eigenvalue weighted by atomic mass is 16.4. The van der Waals surface area contributed by atoms with Crippen LogP contribution in [0.2, 0.25) is 0 Å². The molecule has 2 aromatic carbocycles. The van der Waals surface area contributed by atoms with Gasteiger partial charge in [0.25, 0.3) is 11.5 Å². The van der Waals surface area contributed by atoms with Crippen LogP contribution in [0, 0.1) is 0 Å². The van der Waals surface area contributed by atoms with Gasteiger partial charge in [-0.15, -0.1) is 0 Å². The number of aromatic carboxylic acids is 1. The number of nitrogens with one attached hydrogen (secondary N) is 1. The first kappa shape index (κ1) is 17.9. The van der Waals surface area contributed by atoms with E-state index in [4.69, 9.17) is 5.11 Å². The molecule has 0 bridgehead atoms. The number of fused-ring (bicyclic) bond motifs is 1. The summed E-state index contributed by atoms with van der Waals surface area (Å²) in [4.78, 5) is 45.0. The molecule has 3 aromatic rings. The molecule has 4 rings (SSSR count). The second-order valence-electron chi connectivity index (χ2n) is 6.95. The van der Waals surface area contributed by atoms with Crippen molar-refractivity contribution in [3.8, 4) is 0 Å². The monoisotopic (exact) mass is 377 g/mol. The highest BCUT2D eigenvalue weighted by molar-refractivity contribution is 5.93. The van der Waals surface area contributed by atoms with Crippen LogP contribution in [0.4, 0.5) is 0 Å². The lowest BCUT2D eigenvalue weighted by Crippen LogP contribution is -2.41. The maximum Gasteiger partial charge on any atom is 0.335 e. The number of carbonyl (C=O) groups is 2. The lowest BCUT2D eigenvalue weighted by Gasteiger charge is -2.32. The molecule has 0 spiro atoms. The summed E-state index contributed by atoms with van der Waals surface area (Å²) >= 11 is 0. The third-order valence-corrected chi connectivity index (χ3v) is 5.14. The average Bonchev–Trinajstić information content (AvgIpc) is 2.73. The largest absolute Gasteiger partial charge is 0.478 e. The Morgan fingerprint density at radius 2 is 1.86 bits per heavy atom. The summed E-state index contributed by atoms with van der Waals surface area (Å²) in [6.45, 7) is 1.04. The summed E-state index contributed by atoms with van der Waals surface area (Å²) < 4.78 is 0. The fourth-order valence-electron chi connectivity index (χ4n) is 3.66. The minimum atomic E-state index is -0.964. The Labute approximate surface area is 160 Å². The van der Waals surface area contributed by atoms with Crippen molar-refractivity contribution < 1.29 is 14.7 Å². The molecule has 1 aliphatic heterocycles. The summed E-state index contributed by atoms with van der Waals surface area (Å²) in [5.74, 6) is -1.24. The van der Waals surface area contributed by atoms with Gasteiger partial charge in [0.1, 0.15) is 0 Å². The first-order chi connectivity index (χ1) is 13.5. The van der Waals surface area contributed by atoms with Crippen molar-refractivity contribution in [3.63, 3.8) is 0 Å². The fourth-order valence-corrected chi connectivity index (χ4v) is 3.66. The first-order valence-corrected chi connectivity index (χ1v) is 9.14. The number of carboxylic acids is 1. The molecular formula is C21H19N3O4. The predicted octanol–water partition coefficient (Wildman–Crippen LogP) is 2.64. The normalized spacial score (nSPS) is 16.9. The van der Waals surface area contributed by atoms with Crippen LogP contribution in [0.15, 0.2) is 53.3 Å². The number of carboxylic acid groups (broad SMARTS) is 1. The van der Waals surface area contributed by atoms with Gasteiger partial charge in [-0.3, -0.25) is 9.59 Å². The molecule has 7 heteroatoms. The Bertz CT molecular complexity index is 1100. The number of benzene rings is 2. The number of hydrogen-bond acceptors (Lipinski definition) is 4. The number of H-pyrrole nitrogens is 1. The van der Waals surface area contributed by atoms with E-state index in [0.29, 0.717) is 24.1 Å². The Morgan fingerprint density at radius 3 is 2.61 bits per heavy atom. The molecule has 0 unspecified atom stereocenters. The topological polar surface area (TPSA) is 103 Å². The molecule has 1 atom stereocenters. The molecule has 1 fully saturated rings. The van der Waals surface area contributed by atoms with Crippen molar-refractivity contribution in [2.75, 3.05) is 13.1 Å². The van der Waals surface area contributed by atoms with Gasteiger partial charge in [0.2, 0.25) is 0 Å². The molecule has 0 aliphatic carbocycles. The van der Waals surface area contributed by atoms with Crippen LogP contribution in [0.1, 0.15) is 45.2 Å². The molecule has 28 heavy (non-hydrogen) atoms. The van der Waals surface area contributed by atoms with Crippen LogP contribution >= 0.6 is 0 Å². The number of carbonyl (C=O) groups excluding carboxylic acids is 1. The van der Waals surface area contributed by atoms with Gasteiger partial charge < -0.3 is 15.0 Å². The lowest BCUT2D eigenvalue weighted by atomic mass is 9.90. The number of aromatic amines is 1. The Hall–Kier alpha value is -3.48. The van der Waals surface area contributed by atoms with E-state index in [1.807, 2.05) is 0 Å². The number of amides is 1. The van der Waals surface area contributed by atoms with E-state index in [-0.39, 0.29) is 23.1 Å². The zero-order valence-corrected chi connectivity index (χ0v) is 15.1. The number of nitrogens with zero attached hydrogens (tertiary/aromatic N) is 2. The van der Waals surface area contributed by atoms with E-state index in [1.165, 1.54) is 0 Å². The molecule has 1 aromatic heterocycles. The summed E-state index contributed by atoms with van der Waals surface area (Å²) in [5.41, 5.74) is 1.81. The molecule has 1 amide bonds. The average molecular weight is 377 g/mol. The fraction of sp³-hybridized carbons (Fsp3) is 0.238. The highest BCUT2D eigenvalue weighted by Gasteiger charge is 2.28. The zero-order valence-electron chi connectivity index (χ0n) is 15.1. The van der Waals surface area contributed by atoms with Gasteiger partial charge >= 0.3 is 5.97 Å². The number of aromatic nitrogens is 2. The second-order valence-corrected chi connectivity index (χ2v) is 6.95. The van der Waals surface area contributed by atoms with Gasteiger partial charge in [-0.05, 0) is 42.7 Å². The SMILES string of the molecule is O=C(O)c1ccc([C@@H]2CCCN(C(=O)c3nc4ccccc4[nH]c3=O)C2)cc1. The van der Waals surface area contributed by atoms with Crippen LogP contribution in [0.3, 0.4) is 0 Å². The van der Waals surface area contributed by atoms with Crippen LogP contribution in [0.5, 0.6) is 0 Å². The van der Waals surface area contributed by atoms with Crippen molar-refractivity contribution in [2.45, 2.75) is 18.8 Å². The van der Waals surface area contributed by atoms with Gasteiger partial charge in [0.05, 0.1) is 16.6 Å². The Kier molecular flexibility index (Phi) is 4.65. The molecule has 1 aliphatic rings. The molecule has 7 nitrogen and oxygen atoms in total. The van der Waals surface area contributed by atoms with E-state index in [0.717, 1.165) is 18.4 Å². The van der Waals surface area contributed by atoms with Crippen LogP contribution in [0.25, 0.3) is 11.0 Å². The number of piperidine rings is 1. The van der Waals surface area contributed by atoms with E-state index in [9.17, 15) is 14.4 Å². The van der Waals surface area contributed by atoms with E-state index >= 15 is 0 Å². The van der Waals surface area contributed by atoms with E-state index in [1.54, 1.807) is 53.4 Å². The van der Waals surface area contributed by atoms with Crippen molar-refractivity contribution in [1.82, 2.24) is 14.9 Å². The standard InChI is InChI=1S/C21H19N3O4/c25-19-18(22-16-5-1-2-6-17(16)23-19)20(26)24-11-3-4-15(12-24)13-7-9-14(10-8-13)21(27)28/h1-2,5-10,15H,3-4,11-12H2,(H,23,25)(H,27,28)/t15-/m1/s1. The van der Waals surface area contributed by atoms with E-state index < -0.39 is 11.5 Å². The van der Waals surface area contributed by atoms with E-state index in [2.05, 4.69) is 9.97 Å². The molecule has 2 N–H and O–H groups in total. The molecule has 1 saturated heterocycles. The third kappa shape index (κ3) is 3.38. The molecule has 2 heterocycles. The van der Waals surface area contributed by atoms with Crippen LogP contribution in [-0.2, 0) is 0 Å². The third-order valence-electron chi connectivity index (χ3n) is 5.14. The first-order valence-electron chi connectivity index (χ1n) is 9.14. The summed E-state index contributed by atoms with van der Waals surface area (Å²) in [7, 11) is 0. The number of para-hydroxylation sites is 2. The Morgan fingerprint density at radius 1 is 1.11 bits per heavy atom. The van der Waals surface area contributed by atoms with Crippen LogP contribution in [-0.4, -0.2) is 44.9 Å². The summed E-state index contributed by atoms with van der Waals surface area (Å²) in [6, 6.07) is 13.8. The van der Waals surface area contributed by atoms with Gasteiger partial charge in [-0.1, -0.05) is 24.3 Å². The number of likely N-dealkylation sites (tertiary alicyclic amines) is 1. The van der Waals surface area contributed by atoms with Gasteiger partial charge in [-0.25, -0.2) is 9.78 Å². The van der Waals surface area contributed by atoms with Crippen molar-refractivity contribution in [1.29, 1.82) is 0 Å². The predicted molar refractivity (Wildman–Crippen MR) is 104 cm³/mol.